The first kappa shape index (κ1) is 30.3. The third-order valence-corrected chi connectivity index (χ3v) is 8.54. The Morgan fingerprint density at radius 1 is 1.07 bits per heavy atom. The number of likely N-dealkylation sites (tertiary alicyclic amines) is 1. The van der Waals surface area contributed by atoms with Crippen molar-refractivity contribution in [2.24, 2.45) is 28.1 Å². The first-order chi connectivity index (χ1) is 19.6. The predicted molar refractivity (Wildman–Crippen MR) is 150 cm³/mol. The number of hydrogen-bond acceptors (Lipinski definition) is 7. The minimum atomic E-state index is -1.19. The second-order valence-corrected chi connectivity index (χ2v) is 11.2. The van der Waals surface area contributed by atoms with Gasteiger partial charge in [-0.2, -0.15) is 0 Å². The number of carbonyl (C=O) groups is 4. The van der Waals surface area contributed by atoms with Crippen LogP contribution in [0.5, 0.6) is 0 Å². The third-order valence-electron chi connectivity index (χ3n) is 8.54. The number of nitrogens with two attached hydrogens (primary N) is 3. The summed E-state index contributed by atoms with van der Waals surface area (Å²) >= 11 is 0. The van der Waals surface area contributed by atoms with E-state index in [0.29, 0.717) is 12.8 Å². The first-order valence-corrected chi connectivity index (χ1v) is 14.3. The van der Waals surface area contributed by atoms with Crippen molar-refractivity contribution in [2.75, 3.05) is 13.2 Å². The van der Waals surface area contributed by atoms with Crippen LogP contribution in [0.3, 0.4) is 0 Å². The highest BCUT2D eigenvalue weighted by Crippen LogP contribution is 2.41. The Hall–Kier alpha value is -3.71. The van der Waals surface area contributed by atoms with E-state index in [1.165, 1.54) is 4.90 Å². The van der Waals surface area contributed by atoms with Crippen LogP contribution in [0, 0.1) is 5.92 Å². The number of carboxylic acid groups (broad SMARTS) is 1. The number of hydrogen-bond donors (Lipinski definition) is 6. The van der Waals surface area contributed by atoms with E-state index in [1.54, 1.807) is 4.90 Å². The summed E-state index contributed by atoms with van der Waals surface area (Å²) in [6.07, 6.45) is 4.64. The molecule has 13 nitrogen and oxygen atoms in total. The lowest BCUT2D eigenvalue weighted by Crippen LogP contribution is -2.61. The molecule has 0 aromatic heterocycles. The van der Waals surface area contributed by atoms with Crippen molar-refractivity contribution in [2.45, 2.75) is 88.1 Å². The van der Waals surface area contributed by atoms with Crippen molar-refractivity contribution in [1.82, 2.24) is 15.1 Å². The number of benzene rings is 1. The number of rotatable bonds is 10. The van der Waals surface area contributed by atoms with Gasteiger partial charge in [-0.25, -0.2) is 4.79 Å². The third kappa shape index (κ3) is 6.79. The smallest absolute Gasteiger partial charge is 0.326 e. The lowest BCUT2D eigenvalue weighted by atomic mass is 9.84. The van der Waals surface area contributed by atoms with Crippen LogP contribution in [-0.4, -0.2) is 93.0 Å². The average Bonchev–Trinajstić information content (AvgIpc) is 3.36. The molecule has 3 aliphatic rings. The number of fused-ring (bicyclic) bond motifs is 2. The van der Waals surface area contributed by atoms with E-state index >= 15 is 0 Å². The largest absolute Gasteiger partial charge is 0.480 e. The van der Waals surface area contributed by atoms with Gasteiger partial charge >= 0.3 is 5.97 Å². The fourth-order valence-corrected chi connectivity index (χ4v) is 6.48. The summed E-state index contributed by atoms with van der Waals surface area (Å²) in [5, 5.41) is 22.0. The zero-order chi connectivity index (χ0) is 29.7. The van der Waals surface area contributed by atoms with Crippen LogP contribution >= 0.6 is 0 Å². The van der Waals surface area contributed by atoms with Crippen molar-refractivity contribution in [3.8, 4) is 0 Å². The summed E-state index contributed by atoms with van der Waals surface area (Å²) in [7, 11) is 0. The van der Waals surface area contributed by atoms with Gasteiger partial charge < -0.3 is 42.5 Å². The number of aliphatic hydroxyl groups is 1. The number of nitrogens with one attached hydrogen (secondary N) is 1. The van der Waals surface area contributed by atoms with Crippen LogP contribution in [0.25, 0.3) is 0 Å². The zero-order valence-electron chi connectivity index (χ0n) is 23.2. The topological polar surface area (TPSA) is 218 Å². The normalized spacial score (nSPS) is 24.9. The Morgan fingerprint density at radius 2 is 1.78 bits per heavy atom. The number of aliphatic imine (C=N–C) groups is 1. The van der Waals surface area contributed by atoms with Crippen LogP contribution < -0.4 is 22.5 Å². The Bertz CT molecular complexity index is 1170. The molecule has 2 fully saturated rings. The number of aliphatic hydroxyl groups excluding tert-OH is 1. The minimum absolute atomic E-state index is 0.0959. The van der Waals surface area contributed by atoms with Gasteiger partial charge in [0.15, 0.2) is 5.96 Å². The van der Waals surface area contributed by atoms with E-state index in [0.717, 1.165) is 36.8 Å². The van der Waals surface area contributed by atoms with Crippen molar-refractivity contribution < 1.29 is 29.4 Å². The van der Waals surface area contributed by atoms with E-state index in [2.05, 4.69) is 10.3 Å². The van der Waals surface area contributed by atoms with E-state index < -0.39 is 48.6 Å². The molecule has 1 saturated heterocycles. The highest BCUT2D eigenvalue weighted by molar-refractivity contribution is 5.95. The van der Waals surface area contributed by atoms with E-state index in [4.69, 9.17) is 17.2 Å². The molecule has 0 bridgehead atoms. The monoisotopic (exact) mass is 571 g/mol. The molecule has 4 rings (SSSR count). The molecule has 6 atom stereocenters. The molecule has 1 aromatic rings. The molecule has 1 aromatic carbocycles. The molecule has 3 amide bonds. The van der Waals surface area contributed by atoms with E-state index in [1.807, 2.05) is 24.3 Å². The molecular weight excluding hydrogens is 530 g/mol. The Balaban J connectivity index is 1.60. The lowest BCUT2D eigenvalue weighted by Gasteiger charge is -2.42. The summed E-state index contributed by atoms with van der Waals surface area (Å²) in [6.45, 7) is -0.172. The second kappa shape index (κ2) is 13.3. The quantitative estimate of drug-likeness (QED) is 0.116. The van der Waals surface area contributed by atoms with Crippen molar-refractivity contribution in [3.63, 3.8) is 0 Å². The molecule has 2 heterocycles. The van der Waals surface area contributed by atoms with Gasteiger partial charge in [-0.15, -0.1) is 0 Å². The summed E-state index contributed by atoms with van der Waals surface area (Å²) in [4.78, 5) is 60.1. The van der Waals surface area contributed by atoms with Gasteiger partial charge in [-0.3, -0.25) is 19.4 Å². The molecule has 2 aliphatic heterocycles. The van der Waals surface area contributed by atoms with Gasteiger partial charge in [0.2, 0.25) is 17.7 Å². The maximum Gasteiger partial charge on any atom is 0.326 e. The Kier molecular flexibility index (Phi) is 9.81. The van der Waals surface area contributed by atoms with Gasteiger partial charge in [0, 0.05) is 25.6 Å². The van der Waals surface area contributed by atoms with Crippen molar-refractivity contribution in [1.29, 1.82) is 0 Å². The molecule has 13 heteroatoms. The fraction of sp³-hybridized carbons (Fsp3) is 0.607. The lowest BCUT2D eigenvalue weighted by molar-refractivity contribution is -0.153. The molecular formula is C28H41N7O6. The zero-order valence-corrected chi connectivity index (χ0v) is 23.2. The van der Waals surface area contributed by atoms with Crippen molar-refractivity contribution in [3.05, 3.63) is 35.4 Å². The van der Waals surface area contributed by atoms with Gasteiger partial charge in [0.25, 0.3) is 0 Å². The standard InChI is InChI=1S/C28H41N7O6/c29-19(15-36)25(38)34-14-18-8-2-1-6-16(18)12-23(34)26(39)35-21-10-4-3-7-17(21)13-22(35)24(37)33-20(27(40)41)9-5-11-32-28(30)31/h1-2,6,8,17,19-23,36H,3-5,7,9-15,29H2,(H,33,37)(H,40,41)(H4,30,31,32)/t17-,19-,20-,21-,22-,23+/m0/s1. The molecule has 0 radical (unpaired) electrons. The van der Waals surface area contributed by atoms with Crippen LogP contribution in [0.1, 0.15) is 56.1 Å². The molecule has 9 N–H and O–H groups in total. The SMILES string of the molecule is NC(N)=NCCC[C@H](NC(=O)[C@@H]1C[C@@H]2CCCC[C@@H]2N1C(=O)[C@H]1Cc2ccccc2CN1C(=O)[C@@H](N)CO)C(=O)O. The van der Waals surface area contributed by atoms with Crippen LogP contribution in [0.15, 0.2) is 29.3 Å². The highest BCUT2D eigenvalue weighted by atomic mass is 16.4. The number of carbonyl (C=O) groups excluding carboxylic acids is 3. The number of aliphatic carboxylic acids is 1. The maximum absolute atomic E-state index is 14.4. The second-order valence-electron chi connectivity index (χ2n) is 11.2. The predicted octanol–water partition coefficient (Wildman–Crippen LogP) is -0.958. The maximum atomic E-state index is 14.4. The van der Waals surface area contributed by atoms with E-state index in [9.17, 15) is 29.4 Å². The molecule has 0 spiro atoms. The summed E-state index contributed by atoms with van der Waals surface area (Å²) < 4.78 is 0. The number of nitrogens with zero attached hydrogens (tertiary/aromatic N) is 3. The van der Waals surface area contributed by atoms with Crippen LogP contribution in [-0.2, 0) is 32.1 Å². The first-order valence-electron chi connectivity index (χ1n) is 14.3. The fourth-order valence-electron chi connectivity index (χ4n) is 6.48. The highest BCUT2D eigenvalue weighted by Gasteiger charge is 2.51. The molecule has 1 saturated carbocycles. The number of guanidine groups is 1. The number of amides is 3. The van der Waals surface area contributed by atoms with Crippen LogP contribution in [0.4, 0.5) is 0 Å². The minimum Gasteiger partial charge on any atom is -0.480 e. The number of carboxylic acids is 1. The molecule has 224 valence electrons. The Morgan fingerprint density at radius 3 is 2.46 bits per heavy atom. The van der Waals surface area contributed by atoms with Gasteiger partial charge in [-0.05, 0) is 49.1 Å². The average molecular weight is 572 g/mol. The molecule has 0 unspecified atom stereocenters. The molecule has 1 aliphatic carbocycles. The van der Waals surface area contributed by atoms with Gasteiger partial charge in [-0.1, -0.05) is 37.1 Å². The summed E-state index contributed by atoms with van der Waals surface area (Å²) in [5.41, 5.74) is 18.4. The van der Waals surface area contributed by atoms with Crippen LogP contribution in [0.2, 0.25) is 0 Å². The van der Waals surface area contributed by atoms with Gasteiger partial charge in [0.05, 0.1) is 6.61 Å². The Labute approximate surface area is 239 Å². The van der Waals surface area contributed by atoms with Gasteiger partial charge in [0.1, 0.15) is 24.2 Å². The van der Waals surface area contributed by atoms with E-state index in [-0.39, 0.29) is 49.8 Å². The summed E-state index contributed by atoms with van der Waals surface area (Å²) in [6, 6.07) is 3.25. The molecule has 41 heavy (non-hydrogen) atoms. The van der Waals surface area contributed by atoms with Crippen molar-refractivity contribution >= 4 is 29.7 Å². The summed E-state index contributed by atoms with van der Waals surface area (Å²) in [5.74, 6) is -2.59.